The number of ether oxygens (including phenoxy) is 1. The van der Waals surface area contributed by atoms with Crippen molar-refractivity contribution in [2.75, 3.05) is 0 Å². The van der Waals surface area contributed by atoms with Crippen LogP contribution in [0.25, 0.3) is 16.8 Å². The lowest BCUT2D eigenvalue weighted by Crippen LogP contribution is -2.24. The number of nitrogens with one attached hydrogen (secondary N) is 1. The summed E-state index contributed by atoms with van der Waals surface area (Å²) in [5.41, 5.74) is 15.8. The van der Waals surface area contributed by atoms with E-state index in [4.69, 9.17) is 10.5 Å². The van der Waals surface area contributed by atoms with Gasteiger partial charge in [-0.1, -0.05) is 24.8 Å². The number of hydrogen-bond donors (Lipinski definition) is 2. The van der Waals surface area contributed by atoms with E-state index >= 15 is 0 Å². The Balaban J connectivity index is 1.25. The summed E-state index contributed by atoms with van der Waals surface area (Å²) in [6, 6.07) is 18.9. The van der Waals surface area contributed by atoms with Crippen LogP contribution in [0.3, 0.4) is 0 Å². The van der Waals surface area contributed by atoms with Gasteiger partial charge in [-0.15, -0.1) is 0 Å². The van der Waals surface area contributed by atoms with Crippen LogP contribution in [0.1, 0.15) is 67.1 Å². The molecule has 6 heteroatoms. The first-order valence-electron chi connectivity index (χ1n) is 12.4. The van der Waals surface area contributed by atoms with Gasteiger partial charge < -0.3 is 15.8 Å². The van der Waals surface area contributed by atoms with Crippen molar-refractivity contribution < 1.29 is 18.3 Å². The van der Waals surface area contributed by atoms with Crippen molar-refractivity contribution in [3.05, 3.63) is 135 Å². The molecule has 0 saturated carbocycles. The van der Waals surface area contributed by atoms with Crippen molar-refractivity contribution >= 4 is 11.6 Å². The molecular formula is C32H26F2N2O2. The molecule has 0 aromatic heterocycles. The van der Waals surface area contributed by atoms with Crippen LogP contribution >= 0.6 is 0 Å². The molecule has 0 saturated heterocycles. The largest absolute Gasteiger partial charge is 0.399 e. The highest BCUT2D eigenvalue weighted by Gasteiger charge is 2.43. The zero-order chi connectivity index (χ0) is 26.7. The Morgan fingerprint density at radius 3 is 2.21 bits per heavy atom. The van der Waals surface area contributed by atoms with Gasteiger partial charge in [-0.2, -0.15) is 0 Å². The van der Waals surface area contributed by atoms with Crippen LogP contribution in [0, 0.1) is 25.5 Å². The summed E-state index contributed by atoms with van der Waals surface area (Å²) in [6.07, 6.45) is -0.571. The number of fused-ring (bicyclic) bond motifs is 8. The van der Waals surface area contributed by atoms with Crippen molar-refractivity contribution in [2.45, 2.75) is 32.6 Å². The van der Waals surface area contributed by atoms with Gasteiger partial charge in [-0.05, 0) is 106 Å². The molecule has 38 heavy (non-hydrogen) atoms. The fraction of sp³-hybridized carbons (Fsp3) is 0.156. The summed E-state index contributed by atoms with van der Waals surface area (Å²) < 4.78 is 34.1. The van der Waals surface area contributed by atoms with Gasteiger partial charge in [0, 0.05) is 29.4 Å². The minimum absolute atomic E-state index is 0.177. The van der Waals surface area contributed by atoms with Gasteiger partial charge in [-0.25, -0.2) is 8.78 Å². The molecule has 4 aromatic rings. The maximum Gasteiger partial charge on any atom is 0.251 e. The molecule has 2 bridgehead atoms. The third-order valence-electron chi connectivity index (χ3n) is 7.57. The second kappa shape index (κ2) is 8.92. The third kappa shape index (κ3) is 3.89. The lowest BCUT2D eigenvalue weighted by molar-refractivity contribution is 0.0857. The minimum atomic E-state index is -0.613. The molecule has 2 aliphatic heterocycles. The van der Waals surface area contributed by atoms with Crippen LogP contribution in [-0.2, 0) is 11.3 Å². The number of amides is 1. The molecule has 6 rings (SSSR count). The van der Waals surface area contributed by atoms with Gasteiger partial charge >= 0.3 is 0 Å². The molecule has 190 valence electrons. The number of hydrogen-bond acceptors (Lipinski definition) is 3. The maximum atomic E-state index is 14.4. The highest BCUT2D eigenvalue weighted by molar-refractivity contribution is 5.94. The zero-order valence-electron chi connectivity index (χ0n) is 21.1. The number of rotatable bonds is 5. The number of benzene rings is 4. The van der Waals surface area contributed by atoms with E-state index < -0.39 is 11.6 Å². The molecule has 2 aliphatic rings. The first-order chi connectivity index (χ1) is 18.2. The summed E-state index contributed by atoms with van der Waals surface area (Å²) in [7, 11) is 0. The standard InChI is InChI=1S/C32H26F2N2O2/c1-16-10-21(18(3)35)11-17(2)28(16)15-36-32(37)20-5-8-25-27(13-20)31-26-12-19(4-7-24(26)30(25)38-31)23-9-6-22(33)14-29(23)34/h4-14,30-31H,3,15,35H2,1-2H3,(H,36,37)/t30-,31+/m0/s1. The van der Waals surface area contributed by atoms with Crippen LogP contribution in [-0.4, -0.2) is 5.91 Å². The van der Waals surface area contributed by atoms with Crippen molar-refractivity contribution in [1.29, 1.82) is 0 Å². The first-order valence-corrected chi connectivity index (χ1v) is 12.4. The topological polar surface area (TPSA) is 64.3 Å². The Bertz CT molecular complexity index is 1640. The van der Waals surface area contributed by atoms with Crippen LogP contribution < -0.4 is 11.1 Å². The Morgan fingerprint density at radius 2 is 1.53 bits per heavy atom. The lowest BCUT2D eigenvalue weighted by atomic mass is 9.83. The van der Waals surface area contributed by atoms with E-state index in [1.807, 2.05) is 62.4 Å². The van der Waals surface area contributed by atoms with Crippen molar-refractivity contribution in [3.8, 4) is 11.1 Å². The van der Waals surface area contributed by atoms with Crippen molar-refractivity contribution in [3.63, 3.8) is 0 Å². The second-order valence-corrected chi connectivity index (χ2v) is 10.0. The van der Waals surface area contributed by atoms with E-state index in [9.17, 15) is 13.6 Å². The molecule has 4 nitrogen and oxygen atoms in total. The van der Waals surface area contributed by atoms with E-state index in [-0.39, 0.29) is 18.1 Å². The van der Waals surface area contributed by atoms with Crippen molar-refractivity contribution in [2.24, 2.45) is 5.73 Å². The molecule has 0 unspecified atom stereocenters. The van der Waals surface area contributed by atoms with Crippen LogP contribution in [0.15, 0.2) is 73.3 Å². The molecule has 1 amide bonds. The SMILES string of the molecule is C=C(N)c1cc(C)c(CNC(=O)c2ccc3c(c2)[C@@H]2O[C@H]3c3ccc(-c4ccc(F)cc4F)cc32)c(C)c1. The Hall–Kier alpha value is -4.29. The predicted octanol–water partition coefficient (Wildman–Crippen LogP) is 6.63. The molecule has 0 aliphatic carbocycles. The summed E-state index contributed by atoms with van der Waals surface area (Å²) >= 11 is 0. The van der Waals surface area contributed by atoms with E-state index in [1.54, 1.807) is 0 Å². The Morgan fingerprint density at radius 1 is 0.868 bits per heavy atom. The smallest absolute Gasteiger partial charge is 0.251 e. The second-order valence-electron chi connectivity index (χ2n) is 10.0. The van der Waals surface area contributed by atoms with Gasteiger partial charge in [0.25, 0.3) is 5.91 Å². The highest BCUT2D eigenvalue weighted by Crippen LogP contribution is 2.54. The van der Waals surface area contributed by atoms with Gasteiger partial charge in [0.2, 0.25) is 0 Å². The normalized spacial score (nSPS) is 16.7. The predicted molar refractivity (Wildman–Crippen MR) is 143 cm³/mol. The molecular weight excluding hydrogens is 482 g/mol. The number of aryl methyl sites for hydroxylation is 2. The maximum absolute atomic E-state index is 14.4. The Kier molecular flexibility index (Phi) is 5.65. The van der Waals surface area contributed by atoms with Gasteiger partial charge in [0.05, 0.1) is 0 Å². The van der Waals surface area contributed by atoms with E-state index in [0.717, 1.165) is 50.6 Å². The van der Waals surface area contributed by atoms with Crippen LogP contribution in [0.4, 0.5) is 8.78 Å². The summed E-state index contributed by atoms with van der Waals surface area (Å²) in [5, 5.41) is 3.04. The fourth-order valence-electron chi connectivity index (χ4n) is 5.61. The number of carbonyl (C=O) groups excluding carboxylic acids is 1. The monoisotopic (exact) mass is 508 g/mol. The minimum Gasteiger partial charge on any atom is -0.399 e. The molecule has 2 heterocycles. The average molecular weight is 509 g/mol. The third-order valence-corrected chi connectivity index (χ3v) is 7.57. The number of nitrogens with two attached hydrogens (primary N) is 1. The first kappa shape index (κ1) is 24.1. The molecule has 0 spiro atoms. The quantitative estimate of drug-likeness (QED) is 0.318. The van der Waals surface area contributed by atoms with Gasteiger partial charge in [-0.3, -0.25) is 4.79 Å². The van der Waals surface area contributed by atoms with E-state index in [0.29, 0.717) is 28.9 Å². The van der Waals surface area contributed by atoms with Gasteiger partial charge in [0.1, 0.15) is 23.8 Å². The number of carbonyl (C=O) groups is 1. The van der Waals surface area contributed by atoms with Crippen LogP contribution in [0.5, 0.6) is 0 Å². The average Bonchev–Trinajstić information content (AvgIpc) is 3.44. The van der Waals surface area contributed by atoms with Crippen LogP contribution in [0.2, 0.25) is 0 Å². The molecule has 3 N–H and O–H groups in total. The van der Waals surface area contributed by atoms with E-state index in [1.165, 1.54) is 12.1 Å². The molecule has 0 fully saturated rings. The number of halogens is 2. The van der Waals surface area contributed by atoms with Crippen molar-refractivity contribution in [1.82, 2.24) is 5.32 Å². The lowest BCUT2D eigenvalue weighted by Gasteiger charge is -2.18. The molecule has 0 radical (unpaired) electrons. The van der Waals surface area contributed by atoms with Gasteiger partial charge in [0.15, 0.2) is 0 Å². The Labute approximate surface area is 219 Å². The van der Waals surface area contributed by atoms with E-state index in [2.05, 4.69) is 11.9 Å². The zero-order valence-corrected chi connectivity index (χ0v) is 21.1. The summed E-state index contributed by atoms with van der Waals surface area (Å²) in [5.74, 6) is -1.40. The highest BCUT2D eigenvalue weighted by atomic mass is 19.1. The fourth-order valence-corrected chi connectivity index (χ4v) is 5.61. The molecule has 4 aromatic carbocycles. The summed E-state index contributed by atoms with van der Waals surface area (Å²) in [6.45, 7) is 8.18. The molecule has 2 atom stereocenters. The summed E-state index contributed by atoms with van der Waals surface area (Å²) in [4.78, 5) is 13.1.